The zero-order chi connectivity index (χ0) is 23.5. The number of anilines is 1. The van der Waals surface area contributed by atoms with Gasteiger partial charge in [0.25, 0.3) is 5.91 Å². The second-order valence-corrected chi connectivity index (χ2v) is 11.5. The van der Waals surface area contributed by atoms with E-state index in [-0.39, 0.29) is 21.2 Å². The first kappa shape index (κ1) is 24.6. The molecule has 174 valence electrons. The van der Waals surface area contributed by atoms with E-state index in [0.29, 0.717) is 13.1 Å². The van der Waals surface area contributed by atoms with E-state index in [1.807, 2.05) is 0 Å². The van der Waals surface area contributed by atoms with Gasteiger partial charge in [-0.1, -0.05) is 30.5 Å². The predicted molar refractivity (Wildman–Crippen MR) is 116 cm³/mol. The molecule has 32 heavy (non-hydrogen) atoms. The lowest BCUT2D eigenvalue weighted by atomic mass is 10.2. The van der Waals surface area contributed by atoms with Crippen molar-refractivity contribution in [1.82, 2.24) is 4.31 Å². The molecule has 1 aliphatic rings. The number of benzene rings is 2. The molecule has 1 aliphatic heterocycles. The van der Waals surface area contributed by atoms with Crippen molar-refractivity contribution in [2.75, 3.05) is 18.4 Å². The minimum absolute atomic E-state index is 0.0316. The van der Waals surface area contributed by atoms with Crippen molar-refractivity contribution < 1.29 is 30.4 Å². The first-order chi connectivity index (χ1) is 15.0. The Morgan fingerprint density at radius 3 is 2.25 bits per heavy atom. The number of amides is 1. The molecule has 12 heteroatoms. The zero-order valence-electron chi connectivity index (χ0n) is 16.8. The van der Waals surface area contributed by atoms with Crippen molar-refractivity contribution in [1.29, 1.82) is 0 Å². The summed E-state index contributed by atoms with van der Waals surface area (Å²) in [6.07, 6.45) is 3.33. The normalized spacial score (nSPS) is 16.0. The molecule has 1 saturated heterocycles. The molecule has 0 spiro atoms. The van der Waals surface area contributed by atoms with Gasteiger partial charge in [0.1, 0.15) is 4.90 Å². The van der Waals surface area contributed by atoms with Crippen LogP contribution in [0.15, 0.2) is 52.3 Å². The van der Waals surface area contributed by atoms with E-state index in [2.05, 4.69) is 5.32 Å². The third kappa shape index (κ3) is 5.28. The monoisotopic (exact) mass is 506 g/mol. The molecule has 0 radical (unpaired) electrons. The van der Waals surface area contributed by atoms with Gasteiger partial charge in [0, 0.05) is 24.3 Å². The molecule has 0 saturated carbocycles. The summed E-state index contributed by atoms with van der Waals surface area (Å²) in [6, 6.07) is 8.19. The van der Waals surface area contributed by atoms with Crippen molar-refractivity contribution in [3.8, 4) is 0 Å². The molecule has 7 nitrogen and oxygen atoms in total. The van der Waals surface area contributed by atoms with Crippen LogP contribution in [-0.4, -0.2) is 45.9 Å². The quantitative estimate of drug-likeness (QED) is 0.634. The van der Waals surface area contributed by atoms with Crippen LogP contribution in [0.3, 0.4) is 0 Å². The van der Waals surface area contributed by atoms with Crippen LogP contribution in [0, 0.1) is 0 Å². The van der Waals surface area contributed by atoms with Crippen molar-refractivity contribution in [2.24, 2.45) is 0 Å². The fourth-order valence-corrected chi connectivity index (χ4v) is 6.10. The van der Waals surface area contributed by atoms with Crippen molar-refractivity contribution in [3.63, 3.8) is 0 Å². The highest BCUT2D eigenvalue weighted by atomic mass is 35.5. The highest BCUT2D eigenvalue weighted by Crippen LogP contribution is 2.28. The van der Waals surface area contributed by atoms with Crippen LogP contribution in [0.4, 0.5) is 14.5 Å². The largest absolute Gasteiger partial charge is 0.341 e. The molecule has 1 amide bonds. The number of sulfone groups is 1. The standard InChI is InChI=1S/C20H21ClF2N2O5S2/c21-17-9-8-14(12-18(17)32(29,30)25-10-3-1-2-4-11-25)19(26)24-15-6-5-7-16(13-15)31(27,28)20(22)23/h5-9,12-13,20H,1-4,10-11H2,(H,24,26). The predicted octanol–water partition coefficient (Wildman–Crippen LogP) is 4.15. The van der Waals surface area contributed by atoms with Gasteiger partial charge < -0.3 is 5.32 Å². The summed E-state index contributed by atoms with van der Waals surface area (Å²) in [5.74, 6) is -4.35. The lowest BCUT2D eigenvalue weighted by Gasteiger charge is -2.21. The Balaban J connectivity index is 1.88. The number of halogens is 3. The minimum Gasteiger partial charge on any atom is -0.322 e. The van der Waals surface area contributed by atoms with Gasteiger partial charge in [0.15, 0.2) is 0 Å². The van der Waals surface area contributed by atoms with Crippen LogP contribution in [0.25, 0.3) is 0 Å². The van der Waals surface area contributed by atoms with Gasteiger partial charge in [-0.05, 0) is 49.2 Å². The van der Waals surface area contributed by atoms with Crippen LogP contribution in [0.5, 0.6) is 0 Å². The van der Waals surface area contributed by atoms with Gasteiger partial charge in [-0.15, -0.1) is 0 Å². The summed E-state index contributed by atoms with van der Waals surface area (Å²) in [4.78, 5) is 11.8. The molecule has 1 N–H and O–H groups in total. The number of alkyl halides is 2. The van der Waals surface area contributed by atoms with E-state index >= 15 is 0 Å². The Labute approximate surface area is 190 Å². The van der Waals surface area contributed by atoms with Crippen molar-refractivity contribution >= 4 is 43.1 Å². The number of nitrogens with zero attached hydrogens (tertiary/aromatic N) is 1. The molecule has 0 unspecified atom stereocenters. The van der Waals surface area contributed by atoms with E-state index in [4.69, 9.17) is 11.6 Å². The van der Waals surface area contributed by atoms with Gasteiger partial charge in [-0.3, -0.25) is 4.79 Å². The molecule has 1 heterocycles. The second kappa shape index (κ2) is 9.82. The highest BCUT2D eigenvalue weighted by molar-refractivity contribution is 7.91. The van der Waals surface area contributed by atoms with E-state index in [1.54, 1.807) is 0 Å². The number of carbonyl (C=O) groups is 1. The molecule has 0 aromatic heterocycles. The van der Waals surface area contributed by atoms with E-state index in [1.165, 1.54) is 28.6 Å². The smallest absolute Gasteiger partial charge is 0.322 e. The van der Waals surface area contributed by atoms with Crippen LogP contribution in [0.1, 0.15) is 36.0 Å². The third-order valence-electron chi connectivity index (χ3n) is 5.03. The fourth-order valence-electron chi connectivity index (χ4n) is 3.32. The van der Waals surface area contributed by atoms with Crippen LogP contribution < -0.4 is 5.32 Å². The van der Waals surface area contributed by atoms with Gasteiger partial charge in [-0.2, -0.15) is 13.1 Å². The molecule has 2 aromatic carbocycles. The first-order valence-electron chi connectivity index (χ1n) is 9.76. The zero-order valence-corrected chi connectivity index (χ0v) is 19.2. The van der Waals surface area contributed by atoms with Gasteiger partial charge in [0.2, 0.25) is 19.9 Å². The second-order valence-electron chi connectivity index (χ2n) is 7.25. The third-order valence-corrected chi connectivity index (χ3v) is 8.79. The van der Waals surface area contributed by atoms with E-state index in [0.717, 1.165) is 43.9 Å². The van der Waals surface area contributed by atoms with Crippen molar-refractivity contribution in [3.05, 3.63) is 53.1 Å². The maximum Gasteiger partial charge on any atom is 0.341 e. The van der Waals surface area contributed by atoms with Crippen molar-refractivity contribution in [2.45, 2.75) is 41.2 Å². The van der Waals surface area contributed by atoms with Crippen LogP contribution >= 0.6 is 11.6 Å². The SMILES string of the molecule is O=C(Nc1cccc(S(=O)(=O)C(F)F)c1)c1ccc(Cl)c(S(=O)(=O)N2CCCCCC2)c1. The summed E-state index contributed by atoms with van der Waals surface area (Å²) in [5, 5.41) is 2.37. The van der Waals surface area contributed by atoms with E-state index in [9.17, 15) is 30.4 Å². The molecular formula is C20H21ClF2N2O5S2. The first-order valence-corrected chi connectivity index (χ1v) is 13.1. The van der Waals surface area contributed by atoms with E-state index < -0.39 is 36.4 Å². The molecule has 0 atom stereocenters. The van der Waals surface area contributed by atoms with Gasteiger partial charge in [0.05, 0.1) is 9.92 Å². The molecule has 2 aromatic rings. The highest BCUT2D eigenvalue weighted by Gasteiger charge is 2.29. The Bertz CT molecular complexity index is 1210. The van der Waals surface area contributed by atoms with Gasteiger partial charge in [-0.25, -0.2) is 16.8 Å². The molecule has 0 aliphatic carbocycles. The summed E-state index contributed by atoms with van der Waals surface area (Å²) < 4.78 is 76.4. The molecule has 1 fully saturated rings. The number of carbonyl (C=O) groups excluding carboxylic acids is 1. The fraction of sp³-hybridized carbons (Fsp3) is 0.350. The van der Waals surface area contributed by atoms with Gasteiger partial charge >= 0.3 is 5.76 Å². The lowest BCUT2D eigenvalue weighted by Crippen LogP contribution is -2.32. The maximum absolute atomic E-state index is 13.1. The summed E-state index contributed by atoms with van der Waals surface area (Å²) >= 11 is 6.13. The van der Waals surface area contributed by atoms with Crippen LogP contribution in [-0.2, 0) is 19.9 Å². The number of hydrogen-bond donors (Lipinski definition) is 1. The average Bonchev–Trinajstić information content (AvgIpc) is 3.04. The summed E-state index contributed by atoms with van der Waals surface area (Å²) in [5.41, 5.74) is -0.0754. The topological polar surface area (TPSA) is 101 Å². The molecule has 3 rings (SSSR count). The Hall–Kier alpha value is -2.08. The molecule has 0 bridgehead atoms. The van der Waals surface area contributed by atoms with Crippen LogP contribution in [0.2, 0.25) is 5.02 Å². The number of sulfonamides is 1. The lowest BCUT2D eigenvalue weighted by molar-refractivity contribution is 0.102. The Morgan fingerprint density at radius 2 is 1.62 bits per heavy atom. The number of nitrogens with one attached hydrogen (secondary N) is 1. The minimum atomic E-state index is -4.83. The Morgan fingerprint density at radius 1 is 0.969 bits per heavy atom. The maximum atomic E-state index is 13.1. The molecular weight excluding hydrogens is 486 g/mol. The summed E-state index contributed by atoms with van der Waals surface area (Å²) in [7, 11) is -8.76. The average molecular weight is 507 g/mol. The number of rotatable bonds is 6. The number of hydrogen-bond acceptors (Lipinski definition) is 5. The summed E-state index contributed by atoms with van der Waals surface area (Å²) in [6.45, 7) is 0.723. The Kier molecular flexibility index (Phi) is 7.53.